The lowest BCUT2D eigenvalue weighted by atomic mass is 10.1. The van der Waals surface area contributed by atoms with Gasteiger partial charge in [0.25, 0.3) is 0 Å². The molecule has 4 nitrogen and oxygen atoms in total. The quantitative estimate of drug-likeness (QED) is 0.662. The van der Waals surface area contributed by atoms with Crippen LogP contribution >= 0.6 is 0 Å². The molecule has 1 aliphatic heterocycles. The molecule has 1 aromatic carbocycles. The van der Waals surface area contributed by atoms with Crippen molar-refractivity contribution in [3.63, 3.8) is 0 Å². The summed E-state index contributed by atoms with van der Waals surface area (Å²) in [5.74, 6) is 1.57. The Balaban J connectivity index is 1.82. The molecule has 0 radical (unpaired) electrons. The molecule has 104 valence electrons. The molecule has 0 amide bonds. The second-order valence-corrected chi connectivity index (χ2v) is 5.00. The number of guanidine groups is 1. The second-order valence-electron chi connectivity index (χ2n) is 5.00. The molecule has 0 spiro atoms. The molecule has 1 unspecified atom stereocenters. The Morgan fingerprint density at radius 2 is 2.21 bits per heavy atom. The molecule has 1 heterocycles. The Labute approximate surface area is 115 Å². The van der Waals surface area contributed by atoms with E-state index in [4.69, 9.17) is 4.74 Å². The van der Waals surface area contributed by atoms with Crippen molar-refractivity contribution in [3.05, 3.63) is 35.9 Å². The van der Waals surface area contributed by atoms with E-state index in [9.17, 15) is 0 Å². The smallest absolute Gasteiger partial charge is 0.193 e. The highest BCUT2D eigenvalue weighted by Gasteiger charge is 2.18. The lowest BCUT2D eigenvalue weighted by molar-refractivity contribution is 0.181. The van der Waals surface area contributed by atoms with Crippen LogP contribution in [0.25, 0.3) is 0 Å². The number of ether oxygens (including phenoxy) is 1. The van der Waals surface area contributed by atoms with E-state index >= 15 is 0 Å². The van der Waals surface area contributed by atoms with Gasteiger partial charge in [-0.2, -0.15) is 0 Å². The minimum atomic E-state index is 0.625. The molecule has 1 saturated heterocycles. The van der Waals surface area contributed by atoms with Crippen LogP contribution in [0, 0.1) is 5.92 Å². The van der Waals surface area contributed by atoms with Gasteiger partial charge in [-0.15, -0.1) is 0 Å². The predicted molar refractivity (Wildman–Crippen MR) is 78.2 cm³/mol. The van der Waals surface area contributed by atoms with Crippen molar-refractivity contribution in [2.24, 2.45) is 10.9 Å². The van der Waals surface area contributed by atoms with Crippen molar-refractivity contribution in [1.29, 1.82) is 0 Å². The van der Waals surface area contributed by atoms with Gasteiger partial charge in [0.1, 0.15) is 0 Å². The Hall–Kier alpha value is -1.55. The second kappa shape index (κ2) is 7.14. The zero-order valence-electron chi connectivity index (χ0n) is 11.8. The molecule has 0 aromatic heterocycles. The van der Waals surface area contributed by atoms with Gasteiger partial charge in [-0.25, -0.2) is 0 Å². The third-order valence-electron chi connectivity index (χ3n) is 3.42. The van der Waals surface area contributed by atoms with Crippen LogP contribution in [-0.4, -0.2) is 44.7 Å². The molecule has 0 saturated carbocycles. The fraction of sp³-hybridized carbons (Fsp3) is 0.533. The summed E-state index contributed by atoms with van der Waals surface area (Å²) in [6.07, 6.45) is 1.15. The van der Waals surface area contributed by atoms with E-state index in [-0.39, 0.29) is 0 Å². The maximum absolute atomic E-state index is 5.41. The number of nitrogens with zero attached hydrogens (tertiary/aromatic N) is 2. The monoisotopic (exact) mass is 261 g/mol. The number of aliphatic imine (C=N–C) groups is 1. The maximum Gasteiger partial charge on any atom is 0.193 e. The average Bonchev–Trinajstić information content (AvgIpc) is 2.93. The van der Waals surface area contributed by atoms with Crippen LogP contribution in [0.1, 0.15) is 12.0 Å². The Morgan fingerprint density at radius 3 is 2.84 bits per heavy atom. The lowest BCUT2D eigenvalue weighted by Gasteiger charge is -2.24. The number of hydrogen-bond donors (Lipinski definition) is 1. The predicted octanol–water partition coefficient (Wildman–Crippen LogP) is 1.73. The summed E-state index contributed by atoms with van der Waals surface area (Å²) in [5, 5.41) is 3.39. The Bertz CT molecular complexity index is 399. The fourth-order valence-electron chi connectivity index (χ4n) is 2.36. The van der Waals surface area contributed by atoms with Gasteiger partial charge in [-0.1, -0.05) is 30.3 Å². The van der Waals surface area contributed by atoms with Crippen molar-refractivity contribution in [2.45, 2.75) is 13.0 Å². The summed E-state index contributed by atoms with van der Waals surface area (Å²) in [5.41, 5.74) is 1.27. The van der Waals surface area contributed by atoms with E-state index in [0.29, 0.717) is 5.92 Å². The third kappa shape index (κ3) is 4.24. The molecule has 0 aliphatic carbocycles. The van der Waals surface area contributed by atoms with Crippen LogP contribution < -0.4 is 5.32 Å². The first-order valence-electron chi connectivity index (χ1n) is 6.83. The van der Waals surface area contributed by atoms with E-state index in [2.05, 4.69) is 46.5 Å². The first-order valence-corrected chi connectivity index (χ1v) is 6.83. The zero-order chi connectivity index (χ0) is 13.5. The molecule has 0 bridgehead atoms. The zero-order valence-corrected chi connectivity index (χ0v) is 11.8. The van der Waals surface area contributed by atoms with Gasteiger partial charge in [-0.3, -0.25) is 4.99 Å². The van der Waals surface area contributed by atoms with Crippen molar-refractivity contribution in [1.82, 2.24) is 10.2 Å². The molecule has 4 heteroatoms. The molecule has 1 fully saturated rings. The van der Waals surface area contributed by atoms with Crippen LogP contribution in [0.2, 0.25) is 0 Å². The van der Waals surface area contributed by atoms with Gasteiger partial charge in [0.2, 0.25) is 0 Å². The standard InChI is InChI=1S/C15H23N3O/c1-16-15(17-10-13-6-4-3-5-7-13)18(2)11-14-8-9-19-12-14/h3-7,14H,8-12H2,1-2H3,(H,16,17). The van der Waals surface area contributed by atoms with Crippen LogP contribution in [0.3, 0.4) is 0 Å². The van der Waals surface area contributed by atoms with Crippen LogP contribution in [-0.2, 0) is 11.3 Å². The van der Waals surface area contributed by atoms with Gasteiger partial charge in [-0.05, 0) is 12.0 Å². The van der Waals surface area contributed by atoms with E-state index in [1.807, 2.05) is 13.1 Å². The lowest BCUT2D eigenvalue weighted by Crippen LogP contribution is -2.41. The third-order valence-corrected chi connectivity index (χ3v) is 3.42. The maximum atomic E-state index is 5.41. The topological polar surface area (TPSA) is 36.9 Å². The van der Waals surface area contributed by atoms with Crippen molar-refractivity contribution >= 4 is 5.96 Å². The van der Waals surface area contributed by atoms with Gasteiger partial charge >= 0.3 is 0 Å². The summed E-state index contributed by atoms with van der Waals surface area (Å²) in [7, 11) is 3.91. The van der Waals surface area contributed by atoms with Crippen molar-refractivity contribution in [2.75, 3.05) is 33.9 Å². The van der Waals surface area contributed by atoms with Gasteiger partial charge in [0.05, 0.1) is 6.61 Å². The molecule has 1 aliphatic rings. The highest BCUT2D eigenvalue weighted by atomic mass is 16.5. The van der Waals surface area contributed by atoms with Gasteiger partial charge in [0, 0.05) is 39.7 Å². The summed E-state index contributed by atoms with van der Waals surface area (Å²) in [6, 6.07) is 10.4. The van der Waals surface area contributed by atoms with E-state index < -0.39 is 0 Å². The molecule has 1 atom stereocenters. The SMILES string of the molecule is CN=C(NCc1ccccc1)N(C)CC1CCOC1. The summed E-state index contributed by atoms with van der Waals surface area (Å²) in [6.45, 7) is 3.57. The highest BCUT2D eigenvalue weighted by molar-refractivity contribution is 5.79. The van der Waals surface area contributed by atoms with Crippen LogP contribution in [0.5, 0.6) is 0 Å². The van der Waals surface area contributed by atoms with E-state index in [1.165, 1.54) is 5.56 Å². The molecule has 19 heavy (non-hydrogen) atoms. The number of hydrogen-bond acceptors (Lipinski definition) is 2. The number of rotatable bonds is 4. The summed E-state index contributed by atoms with van der Waals surface area (Å²) < 4.78 is 5.41. The normalized spacial score (nSPS) is 19.5. The van der Waals surface area contributed by atoms with E-state index in [1.54, 1.807) is 0 Å². The Kier molecular flexibility index (Phi) is 5.21. The minimum Gasteiger partial charge on any atom is -0.381 e. The molecular formula is C15H23N3O. The van der Waals surface area contributed by atoms with Crippen LogP contribution in [0.4, 0.5) is 0 Å². The summed E-state index contributed by atoms with van der Waals surface area (Å²) >= 11 is 0. The summed E-state index contributed by atoms with van der Waals surface area (Å²) in [4.78, 5) is 6.52. The van der Waals surface area contributed by atoms with E-state index in [0.717, 1.165) is 38.7 Å². The number of nitrogens with one attached hydrogen (secondary N) is 1. The largest absolute Gasteiger partial charge is 0.381 e. The first kappa shape index (κ1) is 13.9. The highest BCUT2D eigenvalue weighted by Crippen LogP contribution is 2.13. The van der Waals surface area contributed by atoms with Crippen molar-refractivity contribution < 1.29 is 4.74 Å². The molecular weight excluding hydrogens is 238 g/mol. The van der Waals surface area contributed by atoms with Gasteiger partial charge < -0.3 is 15.0 Å². The Morgan fingerprint density at radius 1 is 1.42 bits per heavy atom. The molecule has 1 aromatic rings. The molecule has 2 rings (SSSR count). The van der Waals surface area contributed by atoms with Crippen LogP contribution in [0.15, 0.2) is 35.3 Å². The minimum absolute atomic E-state index is 0.625. The molecule has 1 N–H and O–H groups in total. The van der Waals surface area contributed by atoms with Gasteiger partial charge in [0.15, 0.2) is 5.96 Å². The average molecular weight is 261 g/mol. The fourth-order valence-corrected chi connectivity index (χ4v) is 2.36. The number of benzene rings is 1. The first-order chi connectivity index (χ1) is 9.29. The van der Waals surface area contributed by atoms with Crippen molar-refractivity contribution in [3.8, 4) is 0 Å².